The minimum absolute atomic E-state index is 0.0494. The lowest BCUT2D eigenvalue weighted by molar-refractivity contribution is -0.121. The van der Waals surface area contributed by atoms with E-state index in [4.69, 9.17) is 11.6 Å². The molecule has 0 aromatic carbocycles. The fourth-order valence-corrected chi connectivity index (χ4v) is 5.46. The lowest BCUT2D eigenvalue weighted by Crippen LogP contribution is -2.52. The van der Waals surface area contributed by atoms with Crippen molar-refractivity contribution in [2.45, 2.75) is 18.1 Å². The predicted octanol–water partition coefficient (Wildman–Crippen LogP) is 1.19. The van der Waals surface area contributed by atoms with E-state index in [1.807, 2.05) is 18.7 Å². The molecule has 1 fully saturated rings. The van der Waals surface area contributed by atoms with Crippen molar-refractivity contribution in [2.24, 2.45) is 5.92 Å². The molecule has 0 saturated carbocycles. The normalized spacial score (nSPS) is 16.6. The molecular weight excluding hydrogens is 400 g/mol. The lowest BCUT2D eigenvalue weighted by Gasteiger charge is -2.33. The highest BCUT2D eigenvalue weighted by Gasteiger charge is 2.30. The zero-order valence-electron chi connectivity index (χ0n) is 14.7. The molecule has 1 aliphatic rings. The third-order valence-electron chi connectivity index (χ3n) is 3.76. The minimum Gasteiger partial charge on any atom is -0.338 e. The Labute approximate surface area is 162 Å². The standard InChI is InChI=1S/C15H23ClN4O4S2/c1-11(2)9-17-15(22)18-13(21)10-19-5-7-20(8-6-19)26(23,24)14-4-3-12(16)25-14/h3-4,11H,5-10H2,1-2H3,(H2,17,18,21,22). The van der Waals surface area contributed by atoms with E-state index >= 15 is 0 Å². The van der Waals surface area contributed by atoms with Gasteiger partial charge in [-0.05, 0) is 18.1 Å². The first-order chi connectivity index (χ1) is 12.2. The van der Waals surface area contributed by atoms with Crippen molar-refractivity contribution in [3.05, 3.63) is 16.5 Å². The van der Waals surface area contributed by atoms with Gasteiger partial charge in [-0.2, -0.15) is 4.31 Å². The molecule has 0 unspecified atom stereocenters. The maximum atomic E-state index is 12.5. The largest absolute Gasteiger partial charge is 0.338 e. The monoisotopic (exact) mass is 422 g/mol. The number of hydrogen-bond donors (Lipinski definition) is 2. The van der Waals surface area contributed by atoms with Crippen LogP contribution in [0.15, 0.2) is 16.3 Å². The van der Waals surface area contributed by atoms with Gasteiger partial charge in [0.1, 0.15) is 4.21 Å². The highest BCUT2D eigenvalue weighted by molar-refractivity contribution is 7.91. The molecule has 0 atom stereocenters. The second kappa shape index (κ2) is 9.14. The Kier molecular flexibility index (Phi) is 7.42. The molecular formula is C15H23ClN4O4S2. The number of imide groups is 1. The first kappa shape index (κ1) is 21.1. The van der Waals surface area contributed by atoms with Crippen LogP contribution in [0.25, 0.3) is 0 Å². The number of sulfonamides is 1. The first-order valence-electron chi connectivity index (χ1n) is 8.24. The Morgan fingerprint density at radius 3 is 2.42 bits per heavy atom. The van der Waals surface area contributed by atoms with Gasteiger partial charge in [-0.3, -0.25) is 15.0 Å². The quantitative estimate of drug-likeness (QED) is 0.717. The highest BCUT2D eigenvalue weighted by Crippen LogP contribution is 2.28. The Morgan fingerprint density at radius 1 is 1.23 bits per heavy atom. The van der Waals surface area contributed by atoms with Crippen LogP contribution in [0.1, 0.15) is 13.8 Å². The first-order valence-corrected chi connectivity index (χ1v) is 10.9. The van der Waals surface area contributed by atoms with Crippen molar-refractivity contribution in [1.82, 2.24) is 19.8 Å². The van der Waals surface area contributed by atoms with Gasteiger partial charge in [0.25, 0.3) is 10.0 Å². The molecule has 0 bridgehead atoms. The minimum atomic E-state index is -3.55. The van der Waals surface area contributed by atoms with Crippen molar-refractivity contribution >= 4 is 44.9 Å². The van der Waals surface area contributed by atoms with E-state index in [2.05, 4.69) is 10.6 Å². The van der Waals surface area contributed by atoms with E-state index in [1.54, 1.807) is 6.07 Å². The van der Waals surface area contributed by atoms with Gasteiger partial charge >= 0.3 is 6.03 Å². The summed E-state index contributed by atoms with van der Waals surface area (Å²) in [4.78, 5) is 25.3. The molecule has 1 aliphatic heterocycles. The van der Waals surface area contributed by atoms with Crippen LogP contribution in [0.4, 0.5) is 4.79 Å². The summed E-state index contributed by atoms with van der Waals surface area (Å²) < 4.78 is 27.1. The molecule has 1 aromatic heterocycles. The molecule has 146 valence electrons. The lowest BCUT2D eigenvalue weighted by atomic mass is 10.2. The van der Waals surface area contributed by atoms with Crippen LogP contribution >= 0.6 is 22.9 Å². The van der Waals surface area contributed by atoms with Crippen LogP contribution in [0, 0.1) is 5.92 Å². The number of rotatable bonds is 6. The predicted molar refractivity (Wildman–Crippen MR) is 101 cm³/mol. The van der Waals surface area contributed by atoms with Gasteiger partial charge in [-0.15, -0.1) is 11.3 Å². The molecule has 3 amide bonds. The molecule has 0 aliphatic carbocycles. The third-order valence-corrected chi connectivity index (χ3v) is 7.36. The van der Waals surface area contributed by atoms with Crippen molar-refractivity contribution in [1.29, 1.82) is 0 Å². The molecule has 1 saturated heterocycles. The topological polar surface area (TPSA) is 98.8 Å². The third kappa shape index (κ3) is 5.92. The Hall–Kier alpha value is -1.20. The van der Waals surface area contributed by atoms with Crippen LogP contribution in [-0.2, 0) is 14.8 Å². The molecule has 2 rings (SSSR count). The number of nitrogens with one attached hydrogen (secondary N) is 2. The average molecular weight is 423 g/mol. The van der Waals surface area contributed by atoms with Gasteiger partial charge in [0.2, 0.25) is 5.91 Å². The second-order valence-electron chi connectivity index (χ2n) is 6.39. The summed E-state index contributed by atoms with van der Waals surface area (Å²) in [6, 6.07) is 2.54. The second-order valence-corrected chi connectivity index (χ2v) is 10.3. The van der Waals surface area contributed by atoms with E-state index in [9.17, 15) is 18.0 Å². The van der Waals surface area contributed by atoms with E-state index in [1.165, 1.54) is 10.4 Å². The van der Waals surface area contributed by atoms with Crippen LogP contribution in [0.3, 0.4) is 0 Å². The number of piperazine rings is 1. The van der Waals surface area contributed by atoms with Crippen molar-refractivity contribution in [3.8, 4) is 0 Å². The maximum Gasteiger partial charge on any atom is 0.321 e. The number of urea groups is 1. The van der Waals surface area contributed by atoms with Crippen molar-refractivity contribution < 1.29 is 18.0 Å². The summed E-state index contributed by atoms with van der Waals surface area (Å²) in [5.41, 5.74) is 0. The van der Waals surface area contributed by atoms with Crippen molar-refractivity contribution in [2.75, 3.05) is 39.3 Å². The summed E-state index contributed by atoms with van der Waals surface area (Å²) >= 11 is 6.84. The average Bonchev–Trinajstić information content (AvgIpc) is 3.00. The summed E-state index contributed by atoms with van der Waals surface area (Å²) in [6.45, 7) is 5.85. The number of amides is 3. The number of carbonyl (C=O) groups is 2. The fourth-order valence-electron chi connectivity index (χ4n) is 2.40. The molecule has 11 heteroatoms. The number of thiophene rings is 1. The number of carbonyl (C=O) groups excluding carboxylic acids is 2. The zero-order chi connectivity index (χ0) is 19.3. The molecule has 8 nitrogen and oxygen atoms in total. The Morgan fingerprint density at radius 2 is 1.88 bits per heavy atom. The van der Waals surface area contributed by atoms with Gasteiger partial charge in [0.05, 0.1) is 10.9 Å². The SMILES string of the molecule is CC(C)CNC(=O)NC(=O)CN1CCN(S(=O)(=O)c2ccc(Cl)s2)CC1. The summed E-state index contributed by atoms with van der Waals surface area (Å²) in [5.74, 6) is -0.114. The van der Waals surface area contributed by atoms with Crippen LogP contribution < -0.4 is 10.6 Å². The number of halogens is 1. The zero-order valence-corrected chi connectivity index (χ0v) is 17.1. The van der Waals surface area contributed by atoms with Gasteiger partial charge in [0.15, 0.2) is 0 Å². The van der Waals surface area contributed by atoms with Crippen LogP contribution in [0.2, 0.25) is 4.34 Å². The van der Waals surface area contributed by atoms with Gasteiger partial charge in [0, 0.05) is 32.7 Å². The molecule has 1 aromatic rings. The van der Waals surface area contributed by atoms with E-state index in [-0.39, 0.29) is 23.8 Å². The number of nitrogens with zero attached hydrogens (tertiary/aromatic N) is 2. The van der Waals surface area contributed by atoms with Crippen LogP contribution in [-0.4, -0.2) is 68.8 Å². The number of hydrogen-bond acceptors (Lipinski definition) is 6. The van der Waals surface area contributed by atoms with Gasteiger partial charge in [-0.1, -0.05) is 25.4 Å². The van der Waals surface area contributed by atoms with Crippen molar-refractivity contribution in [3.63, 3.8) is 0 Å². The fraction of sp³-hybridized carbons (Fsp3) is 0.600. The summed E-state index contributed by atoms with van der Waals surface area (Å²) in [7, 11) is -3.55. The van der Waals surface area contributed by atoms with E-state index in [0.717, 1.165) is 11.3 Å². The van der Waals surface area contributed by atoms with Gasteiger partial charge in [-0.25, -0.2) is 13.2 Å². The summed E-state index contributed by atoms with van der Waals surface area (Å²) in [6.07, 6.45) is 0. The highest BCUT2D eigenvalue weighted by atomic mass is 35.5. The van der Waals surface area contributed by atoms with E-state index < -0.39 is 22.0 Å². The maximum absolute atomic E-state index is 12.5. The molecule has 0 radical (unpaired) electrons. The molecule has 0 spiro atoms. The van der Waals surface area contributed by atoms with E-state index in [0.29, 0.717) is 29.9 Å². The molecule has 2 N–H and O–H groups in total. The molecule has 2 heterocycles. The smallest absolute Gasteiger partial charge is 0.321 e. The van der Waals surface area contributed by atoms with Crippen LogP contribution in [0.5, 0.6) is 0 Å². The summed E-state index contributed by atoms with van der Waals surface area (Å²) in [5, 5.41) is 4.89. The Balaban J connectivity index is 1.79. The van der Waals surface area contributed by atoms with Gasteiger partial charge < -0.3 is 5.32 Å². The Bertz CT molecular complexity index is 743. The molecule has 26 heavy (non-hydrogen) atoms.